The SMILES string of the molecule is COCCC1CC[C@@H]1N1CCc2cc(C(=O)NO)cnc2C1.[HH].[HH]. The molecular weight excluding hydrogens is 282 g/mol. The summed E-state index contributed by atoms with van der Waals surface area (Å²) in [6.07, 6.45) is 6.13. The van der Waals surface area contributed by atoms with Gasteiger partial charge in [0.15, 0.2) is 0 Å². The monoisotopic (exact) mass is 309 g/mol. The average molecular weight is 309 g/mol. The highest BCUT2D eigenvalue weighted by Crippen LogP contribution is 2.36. The number of carbonyl (C=O) groups excluding carboxylic acids is 1. The molecule has 1 unspecified atom stereocenters. The number of hydrogen-bond acceptors (Lipinski definition) is 5. The molecule has 3 rings (SSSR count). The molecule has 124 valence electrons. The molecule has 6 nitrogen and oxygen atoms in total. The van der Waals surface area contributed by atoms with Crippen molar-refractivity contribution in [2.45, 2.75) is 38.3 Å². The summed E-state index contributed by atoms with van der Waals surface area (Å²) in [5.74, 6) is 0.234. The van der Waals surface area contributed by atoms with E-state index in [1.54, 1.807) is 12.6 Å². The predicted molar refractivity (Wildman–Crippen MR) is 84.8 cm³/mol. The van der Waals surface area contributed by atoms with E-state index in [0.717, 1.165) is 49.7 Å². The van der Waals surface area contributed by atoms with Gasteiger partial charge in [0.1, 0.15) is 0 Å². The van der Waals surface area contributed by atoms with E-state index in [2.05, 4.69) is 9.88 Å². The molecular formula is C16H27N3O3. The summed E-state index contributed by atoms with van der Waals surface area (Å²) < 4.78 is 5.20. The van der Waals surface area contributed by atoms with Crippen LogP contribution in [0.5, 0.6) is 0 Å². The Bertz CT molecular complexity index is 559. The van der Waals surface area contributed by atoms with Crippen molar-refractivity contribution in [2.75, 3.05) is 20.3 Å². The number of hydrogen-bond donors (Lipinski definition) is 2. The molecule has 0 bridgehead atoms. The Kier molecular flexibility index (Phi) is 4.71. The minimum Gasteiger partial charge on any atom is -0.385 e. The number of carbonyl (C=O) groups is 1. The van der Waals surface area contributed by atoms with Crippen LogP contribution in [0.2, 0.25) is 0 Å². The fraction of sp³-hybridized carbons (Fsp3) is 0.625. The number of rotatable bonds is 5. The Morgan fingerprint density at radius 2 is 2.45 bits per heavy atom. The van der Waals surface area contributed by atoms with Crippen LogP contribution in [0.25, 0.3) is 0 Å². The Balaban J connectivity index is 0.00000144. The summed E-state index contributed by atoms with van der Waals surface area (Å²) in [6.45, 7) is 2.70. The molecule has 2 N–H and O–H groups in total. The van der Waals surface area contributed by atoms with Crippen LogP contribution in [0.15, 0.2) is 12.3 Å². The van der Waals surface area contributed by atoms with Crippen molar-refractivity contribution < 1.29 is 17.6 Å². The number of amides is 1. The van der Waals surface area contributed by atoms with Crippen LogP contribution in [-0.2, 0) is 17.7 Å². The Hall–Kier alpha value is -1.50. The normalized spacial score (nSPS) is 24.5. The lowest BCUT2D eigenvalue weighted by Crippen LogP contribution is -2.49. The van der Waals surface area contributed by atoms with E-state index in [0.29, 0.717) is 11.6 Å². The highest BCUT2D eigenvalue weighted by molar-refractivity contribution is 5.93. The van der Waals surface area contributed by atoms with Gasteiger partial charge in [-0.3, -0.25) is 19.9 Å². The maximum atomic E-state index is 11.4. The second kappa shape index (κ2) is 6.73. The molecule has 1 aliphatic heterocycles. The minimum atomic E-state index is -0.503. The van der Waals surface area contributed by atoms with Gasteiger partial charge in [-0.05, 0) is 43.2 Å². The number of nitrogens with zero attached hydrogens (tertiary/aromatic N) is 2. The van der Waals surface area contributed by atoms with Gasteiger partial charge in [-0.1, -0.05) is 0 Å². The second-order valence-corrected chi connectivity index (χ2v) is 6.18. The van der Waals surface area contributed by atoms with E-state index in [-0.39, 0.29) is 2.85 Å². The third kappa shape index (κ3) is 2.99. The number of fused-ring (bicyclic) bond motifs is 1. The first-order chi connectivity index (χ1) is 10.7. The first kappa shape index (κ1) is 15.4. The summed E-state index contributed by atoms with van der Waals surface area (Å²) in [6, 6.07) is 2.49. The number of ether oxygens (including phenoxy) is 1. The third-order valence-electron chi connectivity index (χ3n) is 4.98. The maximum absolute atomic E-state index is 11.4. The van der Waals surface area contributed by atoms with Crippen molar-refractivity contribution in [1.82, 2.24) is 15.4 Å². The van der Waals surface area contributed by atoms with E-state index >= 15 is 0 Å². The average Bonchev–Trinajstić information content (AvgIpc) is 2.53. The molecule has 1 aromatic rings. The van der Waals surface area contributed by atoms with Crippen molar-refractivity contribution in [3.05, 3.63) is 29.1 Å². The molecule has 22 heavy (non-hydrogen) atoms. The fourth-order valence-electron chi connectivity index (χ4n) is 3.54. The molecule has 2 aliphatic rings. The summed E-state index contributed by atoms with van der Waals surface area (Å²) in [5.41, 5.74) is 4.24. The predicted octanol–water partition coefficient (Wildman–Crippen LogP) is 1.87. The van der Waals surface area contributed by atoms with E-state index < -0.39 is 5.91 Å². The summed E-state index contributed by atoms with van der Waals surface area (Å²) in [4.78, 5) is 18.4. The van der Waals surface area contributed by atoms with Crippen molar-refractivity contribution in [3.63, 3.8) is 0 Å². The van der Waals surface area contributed by atoms with Crippen molar-refractivity contribution in [2.24, 2.45) is 5.92 Å². The second-order valence-electron chi connectivity index (χ2n) is 6.18. The van der Waals surface area contributed by atoms with Crippen LogP contribution < -0.4 is 5.48 Å². The molecule has 1 aliphatic carbocycles. The molecule has 1 amide bonds. The number of methoxy groups -OCH3 is 1. The molecule has 0 radical (unpaired) electrons. The molecule has 6 heteroatoms. The van der Waals surface area contributed by atoms with Crippen LogP contribution >= 0.6 is 0 Å². The topological polar surface area (TPSA) is 74.7 Å². The fourth-order valence-corrected chi connectivity index (χ4v) is 3.54. The summed E-state index contributed by atoms with van der Waals surface area (Å²) in [7, 11) is 1.76. The first-order valence-electron chi connectivity index (χ1n) is 7.88. The third-order valence-corrected chi connectivity index (χ3v) is 4.98. The number of pyridine rings is 1. The lowest BCUT2D eigenvalue weighted by Gasteiger charge is -2.46. The van der Waals surface area contributed by atoms with Crippen molar-refractivity contribution >= 4 is 5.91 Å². The molecule has 0 saturated heterocycles. The van der Waals surface area contributed by atoms with Gasteiger partial charge in [0.05, 0.1) is 11.3 Å². The summed E-state index contributed by atoms with van der Waals surface area (Å²) in [5, 5.41) is 8.70. The first-order valence-corrected chi connectivity index (χ1v) is 7.88. The standard InChI is InChI=1S/C16H23N3O3.2H2/c1-22-7-5-11-2-3-15(11)19-6-4-12-8-13(16(20)18-21)9-17-14(12)10-19;;/h8-9,11,15,21H,2-7,10H2,1H3,(H,18,20);2*1H/t11?,15-;;/m0../s1. The van der Waals surface area contributed by atoms with E-state index in [4.69, 9.17) is 9.94 Å². The highest BCUT2D eigenvalue weighted by atomic mass is 16.5. The van der Waals surface area contributed by atoms with Gasteiger partial charge >= 0.3 is 0 Å². The van der Waals surface area contributed by atoms with Crippen LogP contribution in [0.3, 0.4) is 0 Å². The number of nitrogens with one attached hydrogen (secondary N) is 1. The van der Waals surface area contributed by atoms with Gasteiger partial charge in [0.25, 0.3) is 5.91 Å². The maximum Gasteiger partial charge on any atom is 0.276 e. The number of hydroxylamine groups is 1. The molecule has 1 saturated carbocycles. The van der Waals surface area contributed by atoms with Crippen LogP contribution in [0.4, 0.5) is 0 Å². The van der Waals surface area contributed by atoms with Crippen molar-refractivity contribution in [3.8, 4) is 0 Å². The van der Waals surface area contributed by atoms with Gasteiger partial charge in [-0.15, -0.1) is 0 Å². The molecule has 2 atom stereocenters. The molecule has 1 fully saturated rings. The molecule has 1 aromatic heterocycles. The highest BCUT2D eigenvalue weighted by Gasteiger charge is 2.36. The van der Waals surface area contributed by atoms with Crippen LogP contribution in [0.1, 0.15) is 43.7 Å². The smallest absolute Gasteiger partial charge is 0.276 e. The van der Waals surface area contributed by atoms with Gasteiger partial charge in [0.2, 0.25) is 0 Å². The Morgan fingerprint density at radius 1 is 1.59 bits per heavy atom. The Labute approximate surface area is 133 Å². The van der Waals surface area contributed by atoms with Gasteiger partial charge in [0, 0.05) is 41.9 Å². The molecule has 2 heterocycles. The minimum absolute atomic E-state index is 0. The summed E-state index contributed by atoms with van der Waals surface area (Å²) >= 11 is 0. The van der Waals surface area contributed by atoms with Gasteiger partial charge in [-0.2, -0.15) is 0 Å². The number of aromatic nitrogens is 1. The molecule has 0 aromatic carbocycles. The zero-order valence-electron chi connectivity index (χ0n) is 12.9. The van der Waals surface area contributed by atoms with Crippen LogP contribution in [-0.4, -0.2) is 47.3 Å². The zero-order valence-corrected chi connectivity index (χ0v) is 12.9. The van der Waals surface area contributed by atoms with Crippen LogP contribution in [0, 0.1) is 5.92 Å². The van der Waals surface area contributed by atoms with Gasteiger partial charge < -0.3 is 4.74 Å². The van der Waals surface area contributed by atoms with Gasteiger partial charge in [-0.25, -0.2) is 5.48 Å². The van der Waals surface area contributed by atoms with E-state index in [9.17, 15) is 4.79 Å². The quantitative estimate of drug-likeness (QED) is 0.641. The van der Waals surface area contributed by atoms with E-state index in [1.807, 2.05) is 6.07 Å². The molecule has 0 spiro atoms. The van der Waals surface area contributed by atoms with E-state index in [1.165, 1.54) is 19.0 Å². The lowest BCUT2D eigenvalue weighted by atomic mass is 9.76. The lowest BCUT2D eigenvalue weighted by molar-refractivity contribution is 0.0307. The Morgan fingerprint density at radius 3 is 3.14 bits per heavy atom. The largest absolute Gasteiger partial charge is 0.385 e. The zero-order chi connectivity index (χ0) is 15.5. The van der Waals surface area contributed by atoms with Crippen molar-refractivity contribution in [1.29, 1.82) is 0 Å².